The molecule has 116 valence electrons. The standard InChI is InChI=1S/C15H18F3NO2/c1-9(2)19(8-10-3-4-10)11-5-6-12(14(20)21)13(7-11)15(16,17)18/h5-7,9-10H,3-4,8H2,1-2H3,(H,20,21). The smallest absolute Gasteiger partial charge is 0.417 e. The first kappa shape index (κ1) is 15.7. The Morgan fingerprint density at radius 1 is 1.38 bits per heavy atom. The highest BCUT2D eigenvalue weighted by atomic mass is 19.4. The molecule has 1 fully saturated rings. The van der Waals surface area contributed by atoms with Crippen LogP contribution in [0, 0.1) is 5.92 Å². The molecule has 0 atom stereocenters. The van der Waals surface area contributed by atoms with E-state index in [9.17, 15) is 18.0 Å². The van der Waals surface area contributed by atoms with Gasteiger partial charge in [-0.25, -0.2) is 4.79 Å². The summed E-state index contributed by atoms with van der Waals surface area (Å²) in [6, 6.07) is 3.51. The molecule has 1 aromatic rings. The SMILES string of the molecule is CC(C)N(CC1CC1)c1ccc(C(=O)O)c(C(F)(F)F)c1. The third-order valence-corrected chi connectivity index (χ3v) is 3.65. The van der Waals surface area contributed by atoms with E-state index in [0.29, 0.717) is 18.2 Å². The van der Waals surface area contributed by atoms with Crippen LogP contribution in [0.25, 0.3) is 0 Å². The molecule has 1 aliphatic carbocycles. The largest absolute Gasteiger partial charge is 0.478 e. The molecule has 6 heteroatoms. The van der Waals surface area contributed by atoms with E-state index in [1.54, 1.807) is 0 Å². The molecule has 0 saturated heterocycles. The zero-order valence-corrected chi connectivity index (χ0v) is 11.9. The molecule has 21 heavy (non-hydrogen) atoms. The van der Waals surface area contributed by atoms with Crippen molar-refractivity contribution in [3.8, 4) is 0 Å². The van der Waals surface area contributed by atoms with Crippen LogP contribution >= 0.6 is 0 Å². The van der Waals surface area contributed by atoms with Gasteiger partial charge < -0.3 is 10.0 Å². The van der Waals surface area contributed by atoms with Crippen molar-refractivity contribution in [3.63, 3.8) is 0 Å². The van der Waals surface area contributed by atoms with Gasteiger partial charge >= 0.3 is 12.1 Å². The molecule has 1 N–H and O–H groups in total. The Labute approximate surface area is 121 Å². The Bertz CT molecular complexity index is 536. The van der Waals surface area contributed by atoms with Crippen LogP contribution in [-0.4, -0.2) is 23.7 Å². The minimum Gasteiger partial charge on any atom is -0.478 e. The number of aromatic carboxylic acids is 1. The number of benzene rings is 1. The lowest BCUT2D eigenvalue weighted by atomic mass is 10.0. The molecule has 0 bridgehead atoms. The number of nitrogens with zero attached hydrogens (tertiary/aromatic N) is 1. The highest BCUT2D eigenvalue weighted by Gasteiger charge is 2.36. The number of carboxylic acids is 1. The number of anilines is 1. The van der Waals surface area contributed by atoms with E-state index in [4.69, 9.17) is 5.11 Å². The van der Waals surface area contributed by atoms with Crippen molar-refractivity contribution in [2.75, 3.05) is 11.4 Å². The molecule has 2 rings (SSSR count). The topological polar surface area (TPSA) is 40.5 Å². The predicted molar refractivity (Wildman–Crippen MR) is 73.6 cm³/mol. The Morgan fingerprint density at radius 2 is 2.00 bits per heavy atom. The van der Waals surface area contributed by atoms with Gasteiger partial charge in [-0.3, -0.25) is 0 Å². The van der Waals surface area contributed by atoms with E-state index in [1.807, 2.05) is 18.7 Å². The van der Waals surface area contributed by atoms with E-state index in [0.717, 1.165) is 25.0 Å². The minimum absolute atomic E-state index is 0.0577. The van der Waals surface area contributed by atoms with Crippen LogP contribution in [0.3, 0.4) is 0 Å². The number of hydrogen-bond donors (Lipinski definition) is 1. The monoisotopic (exact) mass is 301 g/mol. The molecule has 3 nitrogen and oxygen atoms in total. The van der Waals surface area contributed by atoms with Crippen LogP contribution in [0.5, 0.6) is 0 Å². The molecule has 0 heterocycles. The fourth-order valence-corrected chi connectivity index (χ4v) is 2.32. The van der Waals surface area contributed by atoms with Crippen molar-refractivity contribution in [1.29, 1.82) is 0 Å². The van der Waals surface area contributed by atoms with Gasteiger partial charge in [-0.15, -0.1) is 0 Å². The summed E-state index contributed by atoms with van der Waals surface area (Å²) in [5, 5.41) is 8.91. The second kappa shape index (κ2) is 5.58. The first-order valence-electron chi connectivity index (χ1n) is 6.91. The van der Waals surface area contributed by atoms with Gasteiger partial charge in [0.25, 0.3) is 0 Å². The molecule has 1 aliphatic rings. The second-order valence-corrected chi connectivity index (χ2v) is 5.72. The number of carbonyl (C=O) groups is 1. The third kappa shape index (κ3) is 3.68. The van der Waals surface area contributed by atoms with Crippen LogP contribution in [0.1, 0.15) is 42.6 Å². The van der Waals surface area contributed by atoms with Crippen LogP contribution < -0.4 is 4.90 Å². The number of alkyl halides is 3. The maximum atomic E-state index is 13.0. The van der Waals surface area contributed by atoms with E-state index in [2.05, 4.69) is 0 Å². The zero-order chi connectivity index (χ0) is 15.8. The Kier molecular flexibility index (Phi) is 4.16. The summed E-state index contributed by atoms with van der Waals surface area (Å²) < 4.78 is 39.1. The summed E-state index contributed by atoms with van der Waals surface area (Å²) in [5.74, 6) is -1.03. The lowest BCUT2D eigenvalue weighted by Crippen LogP contribution is -2.33. The van der Waals surface area contributed by atoms with Crippen molar-refractivity contribution in [1.82, 2.24) is 0 Å². The molecule has 0 radical (unpaired) electrons. The highest BCUT2D eigenvalue weighted by Crippen LogP contribution is 2.37. The van der Waals surface area contributed by atoms with Gasteiger partial charge in [-0.1, -0.05) is 0 Å². The van der Waals surface area contributed by atoms with Gasteiger partial charge in [0, 0.05) is 18.3 Å². The maximum absolute atomic E-state index is 13.0. The number of hydrogen-bond acceptors (Lipinski definition) is 2. The van der Waals surface area contributed by atoms with Crippen molar-refractivity contribution < 1.29 is 23.1 Å². The maximum Gasteiger partial charge on any atom is 0.417 e. The summed E-state index contributed by atoms with van der Waals surface area (Å²) in [4.78, 5) is 12.9. The summed E-state index contributed by atoms with van der Waals surface area (Å²) in [5.41, 5.74) is -1.37. The van der Waals surface area contributed by atoms with Gasteiger partial charge in [0.2, 0.25) is 0 Å². The van der Waals surface area contributed by atoms with Crippen molar-refractivity contribution in [2.24, 2.45) is 5.92 Å². The van der Waals surface area contributed by atoms with Gasteiger partial charge in [0.15, 0.2) is 0 Å². The summed E-state index contributed by atoms with van der Waals surface area (Å²) in [7, 11) is 0. The van der Waals surface area contributed by atoms with E-state index >= 15 is 0 Å². The van der Waals surface area contributed by atoms with Crippen molar-refractivity contribution in [2.45, 2.75) is 38.9 Å². The lowest BCUT2D eigenvalue weighted by Gasteiger charge is -2.30. The van der Waals surface area contributed by atoms with E-state index < -0.39 is 23.3 Å². The molecule has 0 aromatic heterocycles. The number of rotatable bonds is 5. The average molecular weight is 301 g/mol. The van der Waals surface area contributed by atoms with Crippen LogP contribution in [0.2, 0.25) is 0 Å². The predicted octanol–water partition coefficient (Wildman–Crippen LogP) is 4.03. The summed E-state index contributed by atoms with van der Waals surface area (Å²) in [6.07, 6.45) is -2.48. The van der Waals surface area contributed by atoms with Crippen LogP contribution in [0.4, 0.5) is 18.9 Å². The van der Waals surface area contributed by atoms with Crippen molar-refractivity contribution in [3.05, 3.63) is 29.3 Å². The molecule has 1 aromatic carbocycles. The van der Waals surface area contributed by atoms with Gasteiger partial charge in [0.05, 0.1) is 11.1 Å². The first-order chi connectivity index (χ1) is 9.70. The molecule has 1 saturated carbocycles. The number of halogens is 3. The molecule has 0 aliphatic heterocycles. The Morgan fingerprint density at radius 3 is 2.43 bits per heavy atom. The quantitative estimate of drug-likeness (QED) is 0.892. The molecule has 0 spiro atoms. The second-order valence-electron chi connectivity index (χ2n) is 5.72. The lowest BCUT2D eigenvalue weighted by molar-refractivity contribution is -0.138. The van der Waals surface area contributed by atoms with Gasteiger partial charge in [-0.05, 0) is 50.8 Å². The summed E-state index contributed by atoms with van der Waals surface area (Å²) >= 11 is 0. The van der Waals surface area contributed by atoms with Crippen molar-refractivity contribution >= 4 is 11.7 Å². The number of carboxylic acid groups (broad SMARTS) is 1. The molecule has 0 amide bonds. The van der Waals surface area contributed by atoms with E-state index in [1.165, 1.54) is 6.07 Å². The Balaban J connectivity index is 2.41. The Hall–Kier alpha value is -1.72. The normalized spacial score (nSPS) is 15.3. The fraction of sp³-hybridized carbons (Fsp3) is 0.533. The van der Waals surface area contributed by atoms with E-state index in [-0.39, 0.29) is 6.04 Å². The fourth-order valence-electron chi connectivity index (χ4n) is 2.32. The average Bonchev–Trinajstić information content (AvgIpc) is 3.17. The minimum atomic E-state index is -4.67. The third-order valence-electron chi connectivity index (χ3n) is 3.65. The molecule has 0 unspecified atom stereocenters. The molecular formula is C15H18F3NO2. The van der Waals surface area contributed by atoms with Gasteiger partial charge in [-0.2, -0.15) is 13.2 Å². The van der Waals surface area contributed by atoms with Crippen LogP contribution in [0.15, 0.2) is 18.2 Å². The first-order valence-corrected chi connectivity index (χ1v) is 6.91. The highest BCUT2D eigenvalue weighted by molar-refractivity contribution is 5.90. The van der Waals surface area contributed by atoms with Crippen LogP contribution in [-0.2, 0) is 6.18 Å². The van der Waals surface area contributed by atoms with Gasteiger partial charge in [0.1, 0.15) is 0 Å². The molecular weight excluding hydrogens is 283 g/mol. The zero-order valence-electron chi connectivity index (χ0n) is 11.9. The summed E-state index contributed by atoms with van der Waals surface area (Å²) in [6.45, 7) is 4.54.